The topological polar surface area (TPSA) is 59.5 Å². The number of rotatable bonds is 7. The summed E-state index contributed by atoms with van der Waals surface area (Å²) in [6.45, 7) is 0.943. The zero-order valence-corrected chi connectivity index (χ0v) is 12.8. The number of pyridine rings is 1. The Bertz CT molecular complexity index is 516. The second-order valence-electron chi connectivity index (χ2n) is 5.18. The molecule has 1 aliphatic heterocycles. The molecule has 2 rings (SSSR count). The Hall–Kier alpha value is -1.21. The van der Waals surface area contributed by atoms with Gasteiger partial charge in [0, 0.05) is 25.4 Å². The number of ether oxygens (including phenoxy) is 1. The van der Waals surface area contributed by atoms with Gasteiger partial charge in [-0.2, -0.15) is 0 Å². The SMILES string of the molecule is O=S(=O)(CCCF)N1CCC(COc2ccccn2)CC1. The summed E-state index contributed by atoms with van der Waals surface area (Å²) in [4.78, 5) is 4.09. The van der Waals surface area contributed by atoms with Gasteiger partial charge in [0.15, 0.2) is 0 Å². The zero-order valence-electron chi connectivity index (χ0n) is 11.9. The van der Waals surface area contributed by atoms with Gasteiger partial charge in [-0.3, -0.25) is 4.39 Å². The number of halogens is 1. The van der Waals surface area contributed by atoms with Gasteiger partial charge >= 0.3 is 0 Å². The predicted octanol–water partition coefficient (Wildman–Crippen LogP) is 1.86. The van der Waals surface area contributed by atoms with E-state index in [2.05, 4.69) is 4.98 Å². The molecule has 0 bridgehead atoms. The van der Waals surface area contributed by atoms with Gasteiger partial charge in [0.1, 0.15) is 0 Å². The molecule has 7 heteroatoms. The first-order valence-corrected chi connectivity index (χ1v) is 8.80. The average molecular weight is 316 g/mol. The third-order valence-electron chi connectivity index (χ3n) is 3.61. The van der Waals surface area contributed by atoms with E-state index < -0.39 is 16.7 Å². The lowest BCUT2D eigenvalue weighted by molar-refractivity contribution is 0.181. The molecule has 118 valence electrons. The summed E-state index contributed by atoms with van der Waals surface area (Å²) in [6, 6.07) is 5.49. The van der Waals surface area contributed by atoms with Crippen molar-refractivity contribution < 1.29 is 17.5 Å². The van der Waals surface area contributed by atoms with Crippen molar-refractivity contribution in [2.45, 2.75) is 19.3 Å². The molecule has 5 nitrogen and oxygen atoms in total. The molecule has 0 amide bonds. The second-order valence-corrected chi connectivity index (χ2v) is 7.27. The van der Waals surface area contributed by atoms with E-state index in [1.165, 1.54) is 4.31 Å². The van der Waals surface area contributed by atoms with E-state index in [9.17, 15) is 12.8 Å². The largest absolute Gasteiger partial charge is 0.477 e. The minimum atomic E-state index is -3.30. The maximum absolute atomic E-state index is 12.1. The number of hydrogen-bond acceptors (Lipinski definition) is 4. The van der Waals surface area contributed by atoms with Crippen LogP contribution in [0.25, 0.3) is 0 Å². The minimum absolute atomic E-state index is 0.0745. The summed E-state index contributed by atoms with van der Waals surface area (Å²) in [5.41, 5.74) is 0. The van der Waals surface area contributed by atoms with E-state index in [1.54, 1.807) is 12.3 Å². The Morgan fingerprint density at radius 1 is 1.33 bits per heavy atom. The highest BCUT2D eigenvalue weighted by Gasteiger charge is 2.27. The Morgan fingerprint density at radius 3 is 2.71 bits per heavy atom. The fourth-order valence-electron chi connectivity index (χ4n) is 2.36. The molecule has 0 atom stereocenters. The number of piperidine rings is 1. The molecular formula is C14H21FN2O3S. The van der Waals surface area contributed by atoms with E-state index >= 15 is 0 Å². The van der Waals surface area contributed by atoms with Gasteiger partial charge in [-0.15, -0.1) is 0 Å². The fourth-order valence-corrected chi connectivity index (χ4v) is 3.86. The van der Waals surface area contributed by atoms with Crippen molar-refractivity contribution in [3.63, 3.8) is 0 Å². The quantitative estimate of drug-likeness (QED) is 0.770. The van der Waals surface area contributed by atoms with Crippen LogP contribution in [0.15, 0.2) is 24.4 Å². The predicted molar refractivity (Wildman–Crippen MR) is 78.4 cm³/mol. The van der Waals surface area contributed by atoms with Crippen molar-refractivity contribution in [3.05, 3.63) is 24.4 Å². The monoisotopic (exact) mass is 316 g/mol. The molecule has 0 aromatic carbocycles. The molecule has 0 unspecified atom stereocenters. The molecule has 1 saturated heterocycles. The van der Waals surface area contributed by atoms with E-state index in [1.807, 2.05) is 12.1 Å². The van der Waals surface area contributed by atoms with Crippen LogP contribution in [0, 0.1) is 5.92 Å². The molecule has 1 aliphatic rings. The zero-order chi connectivity index (χ0) is 15.1. The number of sulfonamides is 1. The van der Waals surface area contributed by atoms with Crippen LogP contribution < -0.4 is 4.74 Å². The molecule has 0 aliphatic carbocycles. The van der Waals surface area contributed by atoms with Crippen LogP contribution in [0.5, 0.6) is 5.88 Å². The molecule has 2 heterocycles. The summed E-state index contributed by atoms with van der Waals surface area (Å²) in [6.07, 6.45) is 3.28. The Morgan fingerprint density at radius 2 is 2.10 bits per heavy atom. The Balaban J connectivity index is 1.75. The number of nitrogens with zero attached hydrogens (tertiary/aromatic N) is 2. The van der Waals surface area contributed by atoms with E-state index in [0.29, 0.717) is 31.5 Å². The summed E-state index contributed by atoms with van der Waals surface area (Å²) >= 11 is 0. The molecule has 0 spiro atoms. The third kappa shape index (κ3) is 4.93. The van der Waals surface area contributed by atoms with Crippen LogP contribution in [-0.2, 0) is 10.0 Å². The molecule has 21 heavy (non-hydrogen) atoms. The summed E-state index contributed by atoms with van der Waals surface area (Å²) < 4.78 is 43.1. The first-order chi connectivity index (χ1) is 10.1. The van der Waals surface area contributed by atoms with Crippen molar-refractivity contribution >= 4 is 10.0 Å². The normalized spacial score (nSPS) is 17.8. The summed E-state index contributed by atoms with van der Waals surface area (Å²) in [7, 11) is -3.30. The van der Waals surface area contributed by atoms with Gasteiger partial charge in [0.05, 0.1) is 19.0 Å². The van der Waals surface area contributed by atoms with Crippen LogP contribution >= 0.6 is 0 Å². The van der Waals surface area contributed by atoms with Gasteiger partial charge in [0.25, 0.3) is 0 Å². The van der Waals surface area contributed by atoms with Gasteiger partial charge in [-0.05, 0) is 31.2 Å². The van der Waals surface area contributed by atoms with Gasteiger partial charge < -0.3 is 4.74 Å². The highest BCUT2D eigenvalue weighted by Crippen LogP contribution is 2.21. The van der Waals surface area contributed by atoms with Crippen molar-refractivity contribution in [2.75, 3.05) is 32.1 Å². The third-order valence-corrected chi connectivity index (χ3v) is 5.56. The molecule has 0 N–H and O–H groups in total. The lowest BCUT2D eigenvalue weighted by atomic mass is 9.99. The highest BCUT2D eigenvalue weighted by molar-refractivity contribution is 7.89. The number of hydrogen-bond donors (Lipinski definition) is 0. The average Bonchev–Trinajstić information content (AvgIpc) is 2.52. The van der Waals surface area contributed by atoms with E-state index in [4.69, 9.17) is 4.74 Å². The highest BCUT2D eigenvalue weighted by atomic mass is 32.2. The van der Waals surface area contributed by atoms with Crippen molar-refractivity contribution in [3.8, 4) is 5.88 Å². The van der Waals surface area contributed by atoms with Crippen LogP contribution in [-0.4, -0.2) is 49.8 Å². The van der Waals surface area contributed by atoms with Crippen LogP contribution in [0.4, 0.5) is 4.39 Å². The van der Waals surface area contributed by atoms with Crippen molar-refractivity contribution in [1.29, 1.82) is 0 Å². The lowest BCUT2D eigenvalue weighted by Crippen LogP contribution is -2.40. The summed E-state index contributed by atoms with van der Waals surface area (Å²) in [5.74, 6) is 0.827. The molecule has 1 aromatic rings. The van der Waals surface area contributed by atoms with Crippen LogP contribution in [0.2, 0.25) is 0 Å². The molecule has 1 fully saturated rings. The van der Waals surface area contributed by atoms with Crippen LogP contribution in [0.1, 0.15) is 19.3 Å². The molecule has 0 radical (unpaired) electrons. The first-order valence-electron chi connectivity index (χ1n) is 7.19. The number of aromatic nitrogens is 1. The van der Waals surface area contributed by atoms with E-state index in [0.717, 1.165) is 12.8 Å². The lowest BCUT2D eigenvalue weighted by Gasteiger charge is -2.30. The van der Waals surface area contributed by atoms with Gasteiger partial charge in [0.2, 0.25) is 15.9 Å². The second kappa shape index (κ2) is 7.70. The first kappa shape index (κ1) is 16.2. The maximum Gasteiger partial charge on any atom is 0.214 e. The van der Waals surface area contributed by atoms with Gasteiger partial charge in [-0.1, -0.05) is 6.07 Å². The van der Waals surface area contributed by atoms with Crippen molar-refractivity contribution in [2.24, 2.45) is 5.92 Å². The van der Waals surface area contributed by atoms with E-state index in [-0.39, 0.29) is 12.2 Å². The fraction of sp³-hybridized carbons (Fsp3) is 0.643. The molecule has 1 aromatic heterocycles. The standard InChI is InChI=1S/C14H21FN2O3S/c15-7-3-11-21(18,19)17-9-5-13(6-10-17)12-20-14-4-1-2-8-16-14/h1-2,4,8,13H,3,5-7,9-12H2. The summed E-state index contributed by atoms with van der Waals surface area (Å²) in [5, 5.41) is 0. The number of alkyl halides is 1. The Labute approximate surface area is 125 Å². The smallest absolute Gasteiger partial charge is 0.214 e. The van der Waals surface area contributed by atoms with Crippen LogP contribution in [0.3, 0.4) is 0 Å². The van der Waals surface area contributed by atoms with Crippen molar-refractivity contribution in [1.82, 2.24) is 9.29 Å². The maximum atomic E-state index is 12.1. The molecule has 0 saturated carbocycles. The van der Waals surface area contributed by atoms with Gasteiger partial charge in [-0.25, -0.2) is 17.7 Å². The minimum Gasteiger partial charge on any atom is -0.477 e. The Kier molecular flexibility index (Phi) is 5.93. The molecular weight excluding hydrogens is 295 g/mol.